The summed E-state index contributed by atoms with van der Waals surface area (Å²) in [5.74, 6) is 0.847. The lowest BCUT2D eigenvalue weighted by Crippen LogP contribution is -2.18. The molecule has 0 aromatic carbocycles. The van der Waals surface area contributed by atoms with Crippen LogP contribution in [0.1, 0.15) is 40.0 Å². The Bertz CT molecular complexity index is 504. The van der Waals surface area contributed by atoms with Crippen molar-refractivity contribution < 1.29 is 4.52 Å². The van der Waals surface area contributed by atoms with E-state index in [1.54, 1.807) is 11.3 Å². The van der Waals surface area contributed by atoms with Gasteiger partial charge >= 0.3 is 0 Å². The van der Waals surface area contributed by atoms with Crippen molar-refractivity contribution in [1.29, 1.82) is 0 Å². The highest BCUT2D eigenvalue weighted by atomic mass is 32.1. The monoisotopic (exact) mass is 251 g/mol. The molecule has 1 unspecified atom stereocenters. The molecular weight excluding hydrogens is 234 g/mol. The van der Waals surface area contributed by atoms with Crippen LogP contribution < -0.4 is 5.32 Å². The van der Waals surface area contributed by atoms with Crippen LogP contribution in [-0.2, 0) is 6.54 Å². The maximum atomic E-state index is 5.03. The lowest BCUT2D eigenvalue weighted by atomic mass is 10.2. The van der Waals surface area contributed by atoms with Gasteiger partial charge in [0.15, 0.2) is 0 Å². The summed E-state index contributed by atoms with van der Waals surface area (Å²) in [6.45, 7) is 8.85. The SMILES string of the molecule is Cc1cc(CNC(C)c2sc(C)nc2C)no1. The molecule has 0 fully saturated rings. The molecule has 4 nitrogen and oxygen atoms in total. The number of hydrogen-bond acceptors (Lipinski definition) is 5. The number of nitrogens with one attached hydrogen (secondary N) is 1. The van der Waals surface area contributed by atoms with Crippen molar-refractivity contribution in [2.75, 3.05) is 0 Å². The van der Waals surface area contributed by atoms with Gasteiger partial charge in [0, 0.05) is 23.5 Å². The first-order chi connectivity index (χ1) is 8.06. The van der Waals surface area contributed by atoms with Crippen LogP contribution in [0.3, 0.4) is 0 Å². The Morgan fingerprint density at radius 3 is 2.71 bits per heavy atom. The van der Waals surface area contributed by atoms with Crippen LogP contribution in [0.2, 0.25) is 0 Å². The van der Waals surface area contributed by atoms with Crippen LogP contribution >= 0.6 is 11.3 Å². The second kappa shape index (κ2) is 4.98. The normalized spacial score (nSPS) is 12.9. The van der Waals surface area contributed by atoms with Gasteiger partial charge in [-0.25, -0.2) is 4.98 Å². The van der Waals surface area contributed by atoms with Gasteiger partial charge in [-0.2, -0.15) is 0 Å². The maximum absolute atomic E-state index is 5.03. The highest BCUT2D eigenvalue weighted by molar-refractivity contribution is 7.11. The van der Waals surface area contributed by atoms with Crippen molar-refractivity contribution in [3.8, 4) is 0 Å². The molecule has 0 spiro atoms. The maximum Gasteiger partial charge on any atom is 0.133 e. The van der Waals surface area contributed by atoms with E-state index in [0.717, 1.165) is 28.7 Å². The fourth-order valence-corrected chi connectivity index (χ4v) is 2.75. The molecule has 2 aromatic rings. The fraction of sp³-hybridized carbons (Fsp3) is 0.500. The molecule has 0 bridgehead atoms. The lowest BCUT2D eigenvalue weighted by Gasteiger charge is -2.11. The first-order valence-corrected chi connectivity index (χ1v) is 6.47. The van der Waals surface area contributed by atoms with Gasteiger partial charge in [-0.15, -0.1) is 11.3 Å². The van der Waals surface area contributed by atoms with E-state index >= 15 is 0 Å². The van der Waals surface area contributed by atoms with Gasteiger partial charge in [0.25, 0.3) is 0 Å². The molecule has 2 rings (SSSR count). The Morgan fingerprint density at radius 2 is 2.18 bits per heavy atom. The highest BCUT2D eigenvalue weighted by Gasteiger charge is 2.12. The molecule has 2 heterocycles. The molecule has 0 radical (unpaired) electrons. The molecule has 1 atom stereocenters. The van der Waals surface area contributed by atoms with E-state index in [4.69, 9.17) is 4.52 Å². The average Bonchev–Trinajstić information content (AvgIpc) is 2.81. The van der Waals surface area contributed by atoms with Crippen LogP contribution in [-0.4, -0.2) is 10.1 Å². The average molecular weight is 251 g/mol. The van der Waals surface area contributed by atoms with E-state index in [2.05, 4.69) is 29.3 Å². The summed E-state index contributed by atoms with van der Waals surface area (Å²) in [6.07, 6.45) is 0. The van der Waals surface area contributed by atoms with Crippen LogP contribution in [0, 0.1) is 20.8 Å². The van der Waals surface area contributed by atoms with Crippen molar-refractivity contribution >= 4 is 11.3 Å². The third-order valence-electron chi connectivity index (χ3n) is 2.60. The molecule has 2 aromatic heterocycles. The second-order valence-corrected chi connectivity index (χ2v) is 5.45. The van der Waals surface area contributed by atoms with Crippen molar-refractivity contribution in [2.24, 2.45) is 0 Å². The van der Waals surface area contributed by atoms with Crippen molar-refractivity contribution in [3.63, 3.8) is 0 Å². The Balaban J connectivity index is 1.97. The number of aromatic nitrogens is 2. The minimum absolute atomic E-state index is 0.290. The zero-order valence-electron chi connectivity index (χ0n) is 10.6. The van der Waals surface area contributed by atoms with Gasteiger partial charge in [-0.3, -0.25) is 0 Å². The Kier molecular flexibility index (Phi) is 3.59. The van der Waals surface area contributed by atoms with E-state index in [0.29, 0.717) is 6.04 Å². The predicted octanol–water partition coefficient (Wildman–Crippen LogP) is 2.91. The van der Waals surface area contributed by atoms with E-state index in [9.17, 15) is 0 Å². The first-order valence-electron chi connectivity index (χ1n) is 5.65. The summed E-state index contributed by atoms with van der Waals surface area (Å²) in [4.78, 5) is 5.73. The van der Waals surface area contributed by atoms with Crippen LogP contribution in [0.5, 0.6) is 0 Å². The topological polar surface area (TPSA) is 51.0 Å². The molecular formula is C12H17N3OS. The van der Waals surface area contributed by atoms with E-state index < -0.39 is 0 Å². The Hall–Kier alpha value is -1.20. The summed E-state index contributed by atoms with van der Waals surface area (Å²) in [6, 6.07) is 2.24. The van der Waals surface area contributed by atoms with Gasteiger partial charge in [-0.05, 0) is 27.7 Å². The number of hydrogen-bond donors (Lipinski definition) is 1. The van der Waals surface area contributed by atoms with Crippen LogP contribution in [0.4, 0.5) is 0 Å². The largest absolute Gasteiger partial charge is 0.361 e. The third kappa shape index (κ3) is 2.92. The van der Waals surface area contributed by atoms with Gasteiger partial charge < -0.3 is 9.84 Å². The van der Waals surface area contributed by atoms with Gasteiger partial charge in [0.1, 0.15) is 5.76 Å². The van der Waals surface area contributed by atoms with E-state index in [1.807, 2.05) is 19.9 Å². The third-order valence-corrected chi connectivity index (χ3v) is 3.85. The zero-order valence-corrected chi connectivity index (χ0v) is 11.4. The zero-order chi connectivity index (χ0) is 12.4. The van der Waals surface area contributed by atoms with Gasteiger partial charge in [0.05, 0.1) is 16.4 Å². The molecule has 92 valence electrons. The Morgan fingerprint density at radius 1 is 1.41 bits per heavy atom. The molecule has 17 heavy (non-hydrogen) atoms. The fourth-order valence-electron chi connectivity index (χ4n) is 1.80. The molecule has 0 aliphatic carbocycles. The molecule has 1 N–H and O–H groups in total. The lowest BCUT2D eigenvalue weighted by molar-refractivity contribution is 0.386. The molecule has 0 amide bonds. The van der Waals surface area contributed by atoms with Crippen molar-refractivity contribution in [1.82, 2.24) is 15.5 Å². The summed E-state index contributed by atoms with van der Waals surface area (Å²) < 4.78 is 5.03. The molecule has 0 saturated carbocycles. The molecule has 0 aliphatic rings. The number of rotatable bonds is 4. The summed E-state index contributed by atoms with van der Waals surface area (Å²) in [5.41, 5.74) is 2.05. The van der Waals surface area contributed by atoms with Gasteiger partial charge in [-0.1, -0.05) is 5.16 Å². The molecule has 5 heteroatoms. The second-order valence-electron chi connectivity index (χ2n) is 4.21. The molecule has 0 aliphatic heterocycles. The predicted molar refractivity (Wildman–Crippen MR) is 68.1 cm³/mol. The minimum Gasteiger partial charge on any atom is -0.361 e. The number of nitrogens with zero attached hydrogens (tertiary/aromatic N) is 2. The number of aryl methyl sites for hydroxylation is 3. The van der Waals surface area contributed by atoms with Crippen LogP contribution in [0.15, 0.2) is 10.6 Å². The Labute approximate surface area is 105 Å². The summed E-state index contributed by atoms with van der Waals surface area (Å²) in [5, 5.41) is 8.50. The van der Waals surface area contributed by atoms with E-state index in [-0.39, 0.29) is 0 Å². The van der Waals surface area contributed by atoms with Gasteiger partial charge in [0.2, 0.25) is 0 Å². The standard InChI is InChI=1S/C12H17N3OS/c1-7-5-11(15-16-7)6-13-8(2)12-9(3)14-10(4)17-12/h5,8,13H,6H2,1-4H3. The highest BCUT2D eigenvalue weighted by Crippen LogP contribution is 2.24. The van der Waals surface area contributed by atoms with E-state index in [1.165, 1.54) is 4.88 Å². The smallest absolute Gasteiger partial charge is 0.133 e. The summed E-state index contributed by atoms with van der Waals surface area (Å²) in [7, 11) is 0. The number of thiazole rings is 1. The molecule has 0 saturated heterocycles. The van der Waals surface area contributed by atoms with Crippen molar-refractivity contribution in [2.45, 2.75) is 40.3 Å². The first kappa shape index (κ1) is 12.3. The quantitative estimate of drug-likeness (QED) is 0.907. The van der Waals surface area contributed by atoms with Crippen LogP contribution in [0.25, 0.3) is 0 Å². The summed E-state index contributed by atoms with van der Waals surface area (Å²) >= 11 is 1.75. The minimum atomic E-state index is 0.290. The van der Waals surface area contributed by atoms with Crippen molar-refractivity contribution in [3.05, 3.63) is 33.1 Å².